The van der Waals surface area contributed by atoms with E-state index in [0.29, 0.717) is 5.25 Å². The molecule has 0 aliphatic carbocycles. The van der Waals surface area contributed by atoms with Crippen molar-refractivity contribution in [3.05, 3.63) is 30.9 Å². The maximum Gasteiger partial charge on any atom is 0.123 e. The smallest absolute Gasteiger partial charge is 0.123 e. The first-order chi connectivity index (χ1) is 11.3. The predicted molar refractivity (Wildman–Crippen MR) is 91.6 cm³/mol. The van der Waals surface area contributed by atoms with Crippen LogP contribution in [0.2, 0.25) is 0 Å². The second-order valence-electron chi connectivity index (χ2n) is 5.92. The van der Waals surface area contributed by atoms with E-state index < -0.39 is 0 Å². The summed E-state index contributed by atoms with van der Waals surface area (Å²) in [5, 5.41) is 13.8. The first kappa shape index (κ1) is 14.7. The van der Waals surface area contributed by atoms with E-state index in [4.69, 9.17) is 4.98 Å². The predicted octanol–water partition coefficient (Wildman–Crippen LogP) is 2.36. The quantitative estimate of drug-likeness (QED) is 0.800. The van der Waals surface area contributed by atoms with Crippen LogP contribution in [-0.4, -0.2) is 42.7 Å². The zero-order valence-corrected chi connectivity index (χ0v) is 14.0. The summed E-state index contributed by atoms with van der Waals surface area (Å²) in [4.78, 5) is 4.91. The molecule has 0 amide bonds. The molecule has 1 saturated heterocycles. The van der Waals surface area contributed by atoms with E-state index in [1.54, 1.807) is 4.68 Å². The van der Waals surface area contributed by atoms with E-state index in [2.05, 4.69) is 15.5 Å². The molecule has 3 aromatic rings. The minimum atomic E-state index is 0.611. The van der Waals surface area contributed by atoms with Crippen molar-refractivity contribution in [2.45, 2.75) is 29.5 Å². The van der Waals surface area contributed by atoms with Crippen LogP contribution in [0, 0.1) is 0 Å². The van der Waals surface area contributed by atoms with Crippen molar-refractivity contribution in [1.82, 2.24) is 29.7 Å². The summed E-state index contributed by atoms with van der Waals surface area (Å²) in [6.07, 6.45) is 11.3. The second-order valence-corrected chi connectivity index (χ2v) is 7.20. The van der Waals surface area contributed by atoms with Gasteiger partial charge in [0.05, 0.1) is 29.8 Å². The van der Waals surface area contributed by atoms with Crippen LogP contribution in [0.25, 0.3) is 16.8 Å². The molecule has 1 aliphatic heterocycles. The molecule has 120 valence electrons. The van der Waals surface area contributed by atoms with Crippen LogP contribution in [0.15, 0.2) is 35.9 Å². The molecule has 1 aliphatic rings. The summed E-state index contributed by atoms with van der Waals surface area (Å²) in [7, 11) is 1.92. The Morgan fingerprint density at radius 1 is 1.22 bits per heavy atom. The van der Waals surface area contributed by atoms with E-state index in [1.807, 2.05) is 54.2 Å². The lowest BCUT2D eigenvalue weighted by Crippen LogP contribution is -2.14. The molecule has 7 heteroatoms. The summed E-state index contributed by atoms with van der Waals surface area (Å²) in [5.74, 6) is 0. The molecule has 0 aromatic carbocycles. The molecular formula is C16H20N6S. The molecular weight excluding hydrogens is 308 g/mol. The molecule has 0 radical (unpaired) electrons. The number of aryl methyl sites for hydroxylation is 1. The Labute approximate surface area is 139 Å². The molecule has 0 saturated carbocycles. The number of fused-ring (bicyclic) bond motifs is 1. The zero-order valence-electron chi connectivity index (χ0n) is 13.1. The fraction of sp³-hybridized carbons (Fsp3) is 0.438. The molecule has 0 bridgehead atoms. The van der Waals surface area contributed by atoms with Gasteiger partial charge in [-0.15, -0.1) is 11.8 Å². The maximum atomic E-state index is 4.91. The number of hydrogen-bond donors (Lipinski definition) is 1. The standard InChI is InChI=1S/C16H20N6S/c1-21-10-12(9-19-21)14-11-22-15(5-8-18-22)16(20-14)23-13-3-2-6-17-7-4-13/h5,8-11,13,17H,2-4,6-7H2,1H3. The molecule has 1 atom stereocenters. The van der Waals surface area contributed by atoms with Gasteiger partial charge < -0.3 is 5.32 Å². The molecule has 1 fully saturated rings. The summed E-state index contributed by atoms with van der Waals surface area (Å²) in [5.41, 5.74) is 3.03. The van der Waals surface area contributed by atoms with Gasteiger partial charge in [-0.2, -0.15) is 10.2 Å². The van der Waals surface area contributed by atoms with Gasteiger partial charge in [0.25, 0.3) is 0 Å². The molecule has 0 spiro atoms. The van der Waals surface area contributed by atoms with Crippen molar-refractivity contribution in [2.75, 3.05) is 13.1 Å². The largest absolute Gasteiger partial charge is 0.317 e. The van der Waals surface area contributed by atoms with Crippen molar-refractivity contribution in [3.8, 4) is 11.3 Å². The summed E-state index contributed by atoms with van der Waals surface area (Å²) < 4.78 is 3.72. The first-order valence-corrected chi connectivity index (χ1v) is 8.88. The minimum Gasteiger partial charge on any atom is -0.317 e. The van der Waals surface area contributed by atoms with Crippen molar-refractivity contribution in [1.29, 1.82) is 0 Å². The Morgan fingerprint density at radius 3 is 3.04 bits per heavy atom. The van der Waals surface area contributed by atoms with Gasteiger partial charge in [0.1, 0.15) is 5.03 Å². The first-order valence-electron chi connectivity index (χ1n) is 8.00. The third kappa shape index (κ3) is 3.11. The Morgan fingerprint density at radius 2 is 2.17 bits per heavy atom. The van der Waals surface area contributed by atoms with E-state index in [0.717, 1.165) is 34.9 Å². The van der Waals surface area contributed by atoms with E-state index in [1.165, 1.54) is 19.3 Å². The van der Waals surface area contributed by atoms with E-state index >= 15 is 0 Å². The summed E-state index contributed by atoms with van der Waals surface area (Å²) in [6, 6.07) is 2.04. The number of nitrogens with one attached hydrogen (secondary N) is 1. The van der Waals surface area contributed by atoms with Crippen molar-refractivity contribution in [3.63, 3.8) is 0 Å². The Hall–Kier alpha value is -1.86. The topological polar surface area (TPSA) is 60.0 Å². The highest BCUT2D eigenvalue weighted by molar-refractivity contribution is 8.00. The van der Waals surface area contributed by atoms with Gasteiger partial charge in [0, 0.05) is 24.1 Å². The summed E-state index contributed by atoms with van der Waals surface area (Å²) in [6.45, 7) is 2.22. The average Bonchev–Trinajstić information content (AvgIpc) is 3.11. The summed E-state index contributed by atoms with van der Waals surface area (Å²) >= 11 is 1.89. The highest BCUT2D eigenvalue weighted by atomic mass is 32.2. The molecule has 3 aromatic heterocycles. The molecule has 4 rings (SSSR count). The number of rotatable bonds is 3. The highest BCUT2D eigenvalue weighted by Crippen LogP contribution is 2.32. The van der Waals surface area contributed by atoms with Crippen LogP contribution >= 0.6 is 11.8 Å². The number of thioether (sulfide) groups is 1. The van der Waals surface area contributed by atoms with Gasteiger partial charge in [-0.1, -0.05) is 0 Å². The van der Waals surface area contributed by atoms with Gasteiger partial charge >= 0.3 is 0 Å². The molecule has 4 heterocycles. The third-order valence-electron chi connectivity index (χ3n) is 4.16. The van der Waals surface area contributed by atoms with Gasteiger partial charge in [0.2, 0.25) is 0 Å². The third-order valence-corrected chi connectivity index (χ3v) is 5.49. The van der Waals surface area contributed by atoms with Crippen LogP contribution in [-0.2, 0) is 7.05 Å². The van der Waals surface area contributed by atoms with E-state index in [9.17, 15) is 0 Å². The number of aromatic nitrogens is 5. The van der Waals surface area contributed by atoms with Gasteiger partial charge in [0.15, 0.2) is 0 Å². The molecule has 1 unspecified atom stereocenters. The van der Waals surface area contributed by atoms with Crippen molar-refractivity contribution in [2.24, 2.45) is 7.05 Å². The van der Waals surface area contributed by atoms with Gasteiger partial charge in [-0.05, 0) is 38.4 Å². The van der Waals surface area contributed by atoms with Gasteiger partial charge in [-0.25, -0.2) is 9.50 Å². The normalized spacial score (nSPS) is 19.1. The van der Waals surface area contributed by atoms with Crippen molar-refractivity contribution < 1.29 is 0 Å². The lowest BCUT2D eigenvalue weighted by atomic mass is 10.2. The zero-order chi connectivity index (χ0) is 15.6. The van der Waals surface area contributed by atoms with E-state index in [-0.39, 0.29) is 0 Å². The maximum absolute atomic E-state index is 4.91. The Bertz CT molecular complexity index is 800. The highest BCUT2D eigenvalue weighted by Gasteiger charge is 2.17. The minimum absolute atomic E-state index is 0.611. The number of nitrogens with zero attached hydrogens (tertiary/aromatic N) is 5. The second kappa shape index (κ2) is 6.33. The van der Waals surface area contributed by atoms with Crippen LogP contribution in [0.5, 0.6) is 0 Å². The van der Waals surface area contributed by atoms with Crippen LogP contribution in [0.3, 0.4) is 0 Å². The average molecular weight is 328 g/mol. The fourth-order valence-corrected chi connectivity index (χ4v) is 4.21. The van der Waals surface area contributed by atoms with Crippen LogP contribution in [0.4, 0.5) is 0 Å². The van der Waals surface area contributed by atoms with Crippen LogP contribution < -0.4 is 5.32 Å². The molecule has 6 nitrogen and oxygen atoms in total. The van der Waals surface area contributed by atoms with Crippen LogP contribution in [0.1, 0.15) is 19.3 Å². The monoisotopic (exact) mass is 328 g/mol. The lowest BCUT2D eigenvalue weighted by molar-refractivity contribution is 0.703. The Balaban J connectivity index is 1.70. The molecule has 1 N–H and O–H groups in total. The fourth-order valence-electron chi connectivity index (χ4n) is 2.94. The molecule has 23 heavy (non-hydrogen) atoms. The lowest BCUT2D eigenvalue weighted by Gasteiger charge is -2.14. The van der Waals surface area contributed by atoms with Gasteiger partial charge in [-0.3, -0.25) is 4.68 Å². The Kier molecular flexibility index (Phi) is 4.05. The van der Waals surface area contributed by atoms with Crippen molar-refractivity contribution >= 4 is 17.3 Å². The number of hydrogen-bond acceptors (Lipinski definition) is 5. The SMILES string of the molecule is Cn1cc(-c2cn3nccc3c(SC3CCCNCC3)n2)cn1.